The zero-order valence-electron chi connectivity index (χ0n) is 11.1. The molecule has 100 valence electrons. The normalized spacial score (nSPS) is 16.7. The van der Waals surface area contributed by atoms with Crippen LogP contribution in [0.2, 0.25) is 0 Å². The van der Waals surface area contributed by atoms with Crippen molar-refractivity contribution in [1.82, 2.24) is 0 Å². The van der Waals surface area contributed by atoms with E-state index in [1.165, 1.54) is 37.7 Å². The molecule has 18 heavy (non-hydrogen) atoms. The van der Waals surface area contributed by atoms with E-state index in [4.69, 9.17) is 9.84 Å². The van der Waals surface area contributed by atoms with Crippen LogP contribution in [0.3, 0.4) is 0 Å². The molecule has 1 aliphatic carbocycles. The molecule has 0 amide bonds. The Kier molecular flexibility index (Phi) is 5.53. The van der Waals surface area contributed by atoms with Crippen molar-refractivity contribution in [2.75, 3.05) is 13.2 Å². The third-order valence-corrected chi connectivity index (χ3v) is 3.78. The largest absolute Gasteiger partial charge is 0.494 e. The smallest absolute Gasteiger partial charge is 0.119 e. The number of hydrogen-bond donors (Lipinski definition) is 1. The van der Waals surface area contributed by atoms with Crippen LogP contribution in [-0.4, -0.2) is 18.3 Å². The van der Waals surface area contributed by atoms with Crippen molar-refractivity contribution in [3.8, 4) is 5.75 Å². The number of ether oxygens (including phenoxy) is 1. The van der Waals surface area contributed by atoms with E-state index in [0.29, 0.717) is 6.61 Å². The first kappa shape index (κ1) is 13.4. The van der Waals surface area contributed by atoms with Gasteiger partial charge in [-0.15, -0.1) is 0 Å². The van der Waals surface area contributed by atoms with E-state index in [0.717, 1.165) is 24.5 Å². The molecule has 1 aromatic rings. The highest BCUT2D eigenvalue weighted by molar-refractivity contribution is 5.29. The average molecular weight is 248 g/mol. The van der Waals surface area contributed by atoms with Gasteiger partial charge in [0.1, 0.15) is 5.75 Å². The van der Waals surface area contributed by atoms with Crippen LogP contribution in [0.15, 0.2) is 24.3 Å². The topological polar surface area (TPSA) is 29.5 Å². The number of aliphatic hydroxyl groups is 1. The number of hydrogen-bond acceptors (Lipinski definition) is 2. The van der Waals surface area contributed by atoms with Crippen LogP contribution in [0.25, 0.3) is 0 Å². The van der Waals surface area contributed by atoms with Crippen LogP contribution < -0.4 is 4.74 Å². The minimum absolute atomic E-state index is 0.254. The summed E-state index contributed by atoms with van der Waals surface area (Å²) in [4.78, 5) is 0. The molecule has 1 saturated carbocycles. The van der Waals surface area contributed by atoms with Crippen LogP contribution in [-0.2, 0) is 0 Å². The highest BCUT2D eigenvalue weighted by Crippen LogP contribution is 2.33. The zero-order chi connectivity index (χ0) is 12.6. The Morgan fingerprint density at radius 1 is 1.00 bits per heavy atom. The molecule has 0 saturated heterocycles. The lowest BCUT2D eigenvalue weighted by atomic mass is 9.84. The van der Waals surface area contributed by atoms with Crippen molar-refractivity contribution in [1.29, 1.82) is 0 Å². The Morgan fingerprint density at radius 2 is 1.72 bits per heavy atom. The standard InChI is InChI=1S/C16H24O2/c17-12-4-5-13-18-16-10-8-15(9-11-16)14-6-2-1-3-7-14/h8-11,14,17H,1-7,12-13H2. The fraction of sp³-hybridized carbons (Fsp3) is 0.625. The van der Waals surface area contributed by atoms with Crippen molar-refractivity contribution in [3.63, 3.8) is 0 Å². The van der Waals surface area contributed by atoms with Gasteiger partial charge in [-0.1, -0.05) is 31.4 Å². The first-order chi connectivity index (χ1) is 8.90. The molecule has 1 aliphatic rings. The van der Waals surface area contributed by atoms with E-state index in [-0.39, 0.29) is 6.61 Å². The molecule has 2 heteroatoms. The quantitative estimate of drug-likeness (QED) is 0.774. The highest BCUT2D eigenvalue weighted by Gasteiger charge is 2.14. The highest BCUT2D eigenvalue weighted by atomic mass is 16.5. The lowest BCUT2D eigenvalue weighted by Gasteiger charge is -2.22. The number of benzene rings is 1. The molecule has 1 fully saturated rings. The Bertz CT molecular complexity index is 325. The van der Waals surface area contributed by atoms with E-state index >= 15 is 0 Å². The van der Waals surface area contributed by atoms with E-state index in [1.807, 2.05) is 0 Å². The molecule has 1 aromatic carbocycles. The van der Waals surface area contributed by atoms with Gasteiger partial charge in [-0.05, 0) is 49.3 Å². The summed E-state index contributed by atoms with van der Waals surface area (Å²) in [7, 11) is 0. The molecule has 0 atom stereocenters. The van der Waals surface area contributed by atoms with Crippen LogP contribution in [0.5, 0.6) is 5.75 Å². The van der Waals surface area contributed by atoms with Crippen molar-refractivity contribution in [2.45, 2.75) is 50.9 Å². The molecule has 0 aliphatic heterocycles. The predicted octanol–water partition coefficient (Wildman–Crippen LogP) is 3.89. The Labute approximate surface area is 110 Å². The molecule has 1 N–H and O–H groups in total. The van der Waals surface area contributed by atoms with Crippen molar-refractivity contribution < 1.29 is 9.84 Å². The van der Waals surface area contributed by atoms with Crippen LogP contribution in [0.4, 0.5) is 0 Å². The van der Waals surface area contributed by atoms with E-state index in [1.54, 1.807) is 0 Å². The lowest BCUT2D eigenvalue weighted by Crippen LogP contribution is -2.04. The maximum atomic E-state index is 8.69. The van der Waals surface area contributed by atoms with E-state index < -0.39 is 0 Å². The second kappa shape index (κ2) is 7.42. The molecule has 0 unspecified atom stereocenters. The van der Waals surface area contributed by atoms with Crippen molar-refractivity contribution in [2.24, 2.45) is 0 Å². The second-order valence-corrected chi connectivity index (χ2v) is 5.18. The molecular weight excluding hydrogens is 224 g/mol. The zero-order valence-corrected chi connectivity index (χ0v) is 11.1. The summed E-state index contributed by atoms with van der Waals surface area (Å²) in [5.74, 6) is 1.72. The summed E-state index contributed by atoms with van der Waals surface area (Å²) in [6, 6.07) is 8.61. The van der Waals surface area contributed by atoms with E-state index in [9.17, 15) is 0 Å². The Morgan fingerprint density at radius 3 is 2.39 bits per heavy atom. The summed E-state index contributed by atoms with van der Waals surface area (Å²) >= 11 is 0. The van der Waals surface area contributed by atoms with Gasteiger partial charge >= 0.3 is 0 Å². The Balaban J connectivity index is 1.81. The van der Waals surface area contributed by atoms with Crippen LogP contribution in [0.1, 0.15) is 56.4 Å². The van der Waals surface area contributed by atoms with Gasteiger partial charge in [0.25, 0.3) is 0 Å². The summed E-state index contributed by atoms with van der Waals surface area (Å²) in [6.07, 6.45) is 8.59. The predicted molar refractivity (Wildman–Crippen MR) is 74.1 cm³/mol. The lowest BCUT2D eigenvalue weighted by molar-refractivity contribution is 0.253. The minimum Gasteiger partial charge on any atom is -0.494 e. The monoisotopic (exact) mass is 248 g/mol. The molecule has 2 rings (SSSR count). The van der Waals surface area contributed by atoms with Gasteiger partial charge in [0, 0.05) is 6.61 Å². The third-order valence-electron chi connectivity index (χ3n) is 3.78. The first-order valence-corrected chi connectivity index (χ1v) is 7.24. The minimum atomic E-state index is 0.254. The maximum Gasteiger partial charge on any atom is 0.119 e. The van der Waals surface area contributed by atoms with Gasteiger partial charge in [-0.3, -0.25) is 0 Å². The second-order valence-electron chi connectivity index (χ2n) is 5.18. The van der Waals surface area contributed by atoms with Crippen LogP contribution in [0, 0.1) is 0 Å². The SMILES string of the molecule is OCCCCOc1ccc(C2CCCCC2)cc1. The van der Waals surface area contributed by atoms with Gasteiger partial charge in [0.2, 0.25) is 0 Å². The first-order valence-electron chi connectivity index (χ1n) is 7.24. The number of aliphatic hydroxyl groups excluding tert-OH is 1. The van der Waals surface area contributed by atoms with Gasteiger partial charge in [0.05, 0.1) is 6.61 Å². The molecular formula is C16H24O2. The molecule has 2 nitrogen and oxygen atoms in total. The summed E-state index contributed by atoms with van der Waals surface area (Å²) < 4.78 is 5.64. The summed E-state index contributed by atoms with van der Waals surface area (Å²) in [5, 5.41) is 8.69. The number of unbranched alkanes of at least 4 members (excludes halogenated alkanes) is 1. The average Bonchev–Trinajstić information content (AvgIpc) is 2.45. The van der Waals surface area contributed by atoms with E-state index in [2.05, 4.69) is 24.3 Å². The Hall–Kier alpha value is -1.02. The maximum absolute atomic E-state index is 8.69. The molecule has 0 bridgehead atoms. The summed E-state index contributed by atoms with van der Waals surface area (Å²) in [6.45, 7) is 0.952. The van der Waals surface area contributed by atoms with Crippen molar-refractivity contribution in [3.05, 3.63) is 29.8 Å². The van der Waals surface area contributed by atoms with Gasteiger partial charge < -0.3 is 9.84 Å². The van der Waals surface area contributed by atoms with Gasteiger partial charge in [-0.2, -0.15) is 0 Å². The third kappa shape index (κ3) is 4.02. The summed E-state index contributed by atoms with van der Waals surface area (Å²) in [5.41, 5.74) is 1.47. The fourth-order valence-corrected chi connectivity index (χ4v) is 2.68. The van der Waals surface area contributed by atoms with Gasteiger partial charge in [-0.25, -0.2) is 0 Å². The molecule has 0 spiro atoms. The molecule has 0 heterocycles. The number of rotatable bonds is 6. The molecule has 0 radical (unpaired) electrons. The van der Waals surface area contributed by atoms with Crippen molar-refractivity contribution >= 4 is 0 Å². The van der Waals surface area contributed by atoms with Gasteiger partial charge in [0.15, 0.2) is 0 Å². The fourth-order valence-electron chi connectivity index (χ4n) is 2.68. The molecule has 0 aromatic heterocycles. The van der Waals surface area contributed by atoms with Crippen LogP contribution >= 0.6 is 0 Å².